The number of halogens is 3. The fourth-order valence-corrected chi connectivity index (χ4v) is 3.75. The van der Waals surface area contributed by atoms with E-state index in [0.29, 0.717) is 27.5 Å². The smallest absolute Gasteiger partial charge is 0.349 e. The lowest BCUT2D eigenvalue weighted by Crippen LogP contribution is -2.25. The highest BCUT2D eigenvalue weighted by Gasteiger charge is 2.30. The van der Waals surface area contributed by atoms with Gasteiger partial charge in [0.2, 0.25) is 5.91 Å². The van der Waals surface area contributed by atoms with Gasteiger partial charge in [0.15, 0.2) is 0 Å². The van der Waals surface area contributed by atoms with Gasteiger partial charge in [0.1, 0.15) is 5.01 Å². The maximum atomic E-state index is 12.7. The van der Waals surface area contributed by atoms with E-state index in [1.54, 1.807) is 29.6 Å². The summed E-state index contributed by atoms with van der Waals surface area (Å²) in [5, 5.41) is 7.88. The summed E-state index contributed by atoms with van der Waals surface area (Å²) < 4.78 is 38.1. The van der Waals surface area contributed by atoms with E-state index in [2.05, 4.69) is 15.6 Å². The molecule has 3 aromatic rings. The lowest BCUT2D eigenvalue weighted by atomic mass is 10.1. The maximum Gasteiger partial charge on any atom is 0.416 e. The molecule has 1 fully saturated rings. The van der Waals surface area contributed by atoms with Crippen molar-refractivity contribution in [1.82, 2.24) is 10.3 Å². The Morgan fingerprint density at radius 2 is 1.84 bits per heavy atom. The number of nitrogens with one attached hydrogen (secondary N) is 2. The Balaban J connectivity index is 1.37. The zero-order valence-electron chi connectivity index (χ0n) is 16.2. The van der Waals surface area contributed by atoms with Crippen LogP contribution < -0.4 is 10.6 Å². The van der Waals surface area contributed by atoms with Crippen LogP contribution in [0, 0.1) is 0 Å². The Hall–Kier alpha value is -3.20. The number of carbonyl (C=O) groups excluding carboxylic acids is 2. The van der Waals surface area contributed by atoms with Crippen molar-refractivity contribution >= 4 is 28.8 Å². The number of aromatic nitrogens is 1. The first-order valence-corrected chi connectivity index (χ1v) is 10.5. The van der Waals surface area contributed by atoms with Crippen LogP contribution in [-0.4, -0.2) is 22.8 Å². The minimum atomic E-state index is -4.39. The van der Waals surface area contributed by atoms with E-state index in [-0.39, 0.29) is 24.3 Å². The number of carbonyl (C=O) groups is 2. The van der Waals surface area contributed by atoms with Gasteiger partial charge >= 0.3 is 6.18 Å². The first-order valence-electron chi connectivity index (χ1n) is 9.61. The Morgan fingerprint density at radius 3 is 2.52 bits per heavy atom. The molecule has 1 saturated carbocycles. The molecule has 31 heavy (non-hydrogen) atoms. The number of anilines is 1. The van der Waals surface area contributed by atoms with E-state index < -0.39 is 11.7 Å². The van der Waals surface area contributed by atoms with E-state index in [9.17, 15) is 22.8 Å². The number of benzene rings is 2. The Kier molecular flexibility index (Phi) is 5.77. The molecule has 2 aromatic carbocycles. The van der Waals surface area contributed by atoms with Gasteiger partial charge < -0.3 is 10.6 Å². The number of alkyl halides is 3. The Morgan fingerprint density at radius 1 is 1.10 bits per heavy atom. The first kappa shape index (κ1) is 21.0. The minimum Gasteiger partial charge on any atom is -0.349 e. The van der Waals surface area contributed by atoms with Crippen LogP contribution in [0.2, 0.25) is 0 Å². The Labute approximate surface area is 180 Å². The van der Waals surface area contributed by atoms with Crippen molar-refractivity contribution < 1.29 is 22.8 Å². The second kappa shape index (κ2) is 8.50. The molecule has 2 N–H and O–H groups in total. The molecule has 0 atom stereocenters. The van der Waals surface area contributed by atoms with E-state index in [0.717, 1.165) is 25.0 Å². The molecule has 0 aliphatic heterocycles. The molecule has 0 saturated heterocycles. The second-order valence-electron chi connectivity index (χ2n) is 7.27. The van der Waals surface area contributed by atoms with Crippen LogP contribution in [0.5, 0.6) is 0 Å². The first-order chi connectivity index (χ1) is 14.8. The fraction of sp³-hybridized carbons (Fsp3) is 0.227. The monoisotopic (exact) mass is 445 g/mol. The molecule has 0 unspecified atom stereocenters. The van der Waals surface area contributed by atoms with Crippen LogP contribution in [0.1, 0.15) is 34.5 Å². The molecule has 160 valence electrons. The summed E-state index contributed by atoms with van der Waals surface area (Å²) in [6.45, 7) is 0. The van der Waals surface area contributed by atoms with Crippen molar-refractivity contribution in [2.24, 2.45) is 0 Å². The minimum absolute atomic E-state index is 0.00956. The lowest BCUT2D eigenvalue weighted by Gasteiger charge is -2.07. The fourth-order valence-electron chi connectivity index (χ4n) is 2.93. The molecule has 1 aromatic heterocycles. The summed E-state index contributed by atoms with van der Waals surface area (Å²) in [4.78, 5) is 28.9. The van der Waals surface area contributed by atoms with Gasteiger partial charge in [-0.1, -0.05) is 18.2 Å². The van der Waals surface area contributed by atoms with Crippen molar-refractivity contribution in [3.8, 4) is 10.6 Å². The predicted octanol–water partition coefficient (Wildman–Crippen LogP) is 4.90. The molecule has 1 aliphatic carbocycles. The molecule has 5 nitrogen and oxygen atoms in total. The van der Waals surface area contributed by atoms with Gasteiger partial charge in [-0.3, -0.25) is 9.59 Å². The van der Waals surface area contributed by atoms with Gasteiger partial charge in [-0.15, -0.1) is 11.3 Å². The van der Waals surface area contributed by atoms with Crippen molar-refractivity contribution in [2.45, 2.75) is 31.5 Å². The van der Waals surface area contributed by atoms with Crippen LogP contribution in [-0.2, 0) is 17.4 Å². The maximum absolute atomic E-state index is 12.7. The zero-order valence-corrected chi connectivity index (χ0v) is 17.0. The average Bonchev–Trinajstić information content (AvgIpc) is 3.42. The number of hydrogen-bond acceptors (Lipinski definition) is 4. The number of hydrogen-bond donors (Lipinski definition) is 2. The van der Waals surface area contributed by atoms with Crippen molar-refractivity contribution in [1.29, 1.82) is 0 Å². The summed E-state index contributed by atoms with van der Waals surface area (Å²) >= 11 is 1.26. The highest BCUT2D eigenvalue weighted by Crippen LogP contribution is 2.31. The number of thiazole rings is 1. The third kappa shape index (κ3) is 5.49. The molecule has 0 spiro atoms. The zero-order chi connectivity index (χ0) is 22.0. The molecular weight excluding hydrogens is 427 g/mol. The van der Waals surface area contributed by atoms with Gasteiger partial charge in [-0.05, 0) is 43.2 Å². The van der Waals surface area contributed by atoms with Gasteiger partial charge in [0, 0.05) is 28.2 Å². The molecule has 9 heteroatoms. The quantitative estimate of drug-likeness (QED) is 0.567. The second-order valence-corrected chi connectivity index (χ2v) is 8.13. The third-order valence-electron chi connectivity index (χ3n) is 4.67. The SMILES string of the molecule is O=C(Cc1csc(-c2ccc(C(F)(F)F)cc2)n1)Nc1cccc(C(=O)NC2CC2)c1. The van der Waals surface area contributed by atoms with Crippen molar-refractivity contribution in [3.05, 3.63) is 70.7 Å². The normalized spacial score (nSPS) is 13.6. The van der Waals surface area contributed by atoms with Crippen molar-refractivity contribution in [3.63, 3.8) is 0 Å². The van der Waals surface area contributed by atoms with E-state index in [1.165, 1.54) is 23.5 Å². The molecule has 0 radical (unpaired) electrons. The summed E-state index contributed by atoms with van der Waals surface area (Å²) in [5.41, 5.74) is 1.33. The number of rotatable bonds is 6. The van der Waals surface area contributed by atoms with E-state index in [4.69, 9.17) is 0 Å². The van der Waals surface area contributed by atoms with Crippen LogP contribution in [0.25, 0.3) is 10.6 Å². The Bertz CT molecular complexity index is 1110. The van der Waals surface area contributed by atoms with Gasteiger partial charge in [-0.25, -0.2) is 4.98 Å². The highest BCUT2D eigenvalue weighted by molar-refractivity contribution is 7.13. The van der Waals surface area contributed by atoms with Crippen LogP contribution in [0.4, 0.5) is 18.9 Å². The molecular formula is C22H18F3N3O2S. The number of nitrogens with zero attached hydrogens (tertiary/aromatic N) is 1. The molecule has 2 amide bonds. The van der Waals surface area contributed by atoms with Crippen LogP contribution >= 0.6 is 11.3 Å². The van der Waals surface area contributed by atoms with Gasteiger partial charge in [-0.2, -0.15) is 13.2 Å². The van der Waals surface area contributed by atoms with Crippen molar-refractivity contribution in [2.75, 3.05) is 5.32 Å². The predicted molar refractivity (Wildman–Crippen MR) is 112 cm³/mol. The van der Waals surface area contributed by atoms with E-state index >= 15 is 0 Å². The largest absolute Gasteiger partial charge is 0.416 e. The van der Waals surface area contributed by atoms with Crippen LogP contribution in [0.15, 0.2) is 53.9 Å². The number of amides is 2. The summed E-state index contributed by atoms with van der Waals surface area (Å²) in [5.74, 6) is -0.469. The third-order valence-corrected chi connectivity index (χ3v) is 5.61. The van der Waals surface area contributed by atoms with Gasteiger partial charge in [0.25, 0.3) is 5.91 Å². The summed E-state index contributed by atoms with van der Waals surface area (Å²) in [6, 6.07) is 11.7. The molecule has 0 bridgehead atoms. The van der Waals surface area contributed by atoms with Crippen LogP contribution in [0.3, 0.4) is 0 Å². The average molecular weight is 445 g/mol. The molecule has 1 aliphatic rings. The highest BCUT2D eigenvalue weighted by atomic mass is 32.1. The standard InChI is InChI=1S/C22H18F3N3O2S/c23-22(24,25)15-6-4-13(5-7-15)21-28-18(12-31-21)11-19(29)26-17-3-1-2-14(10-17)20(30)27-16-8-9-16/h1-7,10,12,16H,8-9,11H2,(H,26,29)(H,27,30). The summed E-state index contributed by atoms with van der Waals surface area (Å²) in [7, 11) is 0. The molecule has 4 rings (SSSR count). The van der Waals surface area contributed by atoms with Gasteiger partial charge in [0.05, 0.1) is 17.7 Å². The summed E-state index contributed by atoms with van der Waals surface area (Å²) in [6.07, 6.45) is -2.40. The van der Waals surface area contributed by atoms with E-state index in [1.807, 2.05) is 0 Å². The molecule has 1 heterocycles. The topological polar surface area (TPSA) is 71.1 Å². The lowest BCUT2D eigenvalue weighted by molar-refractivity contribution is -0.137.